The van der Waals surface area contributed by atoms with Crippen molar-refractivity contribution in [1.29, 1.82) is 5.26 Å². The van der Waals surface area contributed by atoms with Gasteiger partial charge < -0.3 is 9.64 Å². The van der Waals surface area contributed by atoms with Crippen LogP contribution >= 0.6 is 11.8 Å². The molecule has 0 N–H and O–H groups in total. The number of carbonyl (C=O) groups is 2. The summed E-state index contributed by atoms with van der Waals surface area (Å²) >= 11 is 1.33. The van der Waals surface area contributed by atoms with E-state index < -0.39 is 12.6 Å². The van der Waals surface area contributed by atoms with Gasteiger partial charge in [-0.2, -0.15) is 5.26 Å². The van der Waals surface area contributed by atoms with Gasteiger partial charge in [0, 0.05) is 18.4 Å². The third kappa shape index (κ3) is 5.07. The lowest BCUT2D eigenvalue weighted by molar-refractivity contribution is -0.121. The fourth-order valence-corrected chi connectivity index (χ4v) is 2.81. The molecule has 0 saturated carbocycles. The van der Waals surface area contributed by atoms with Gasteiger partial charge in [-0.05, 0) is 37.4 Å². The fourth-order valence-electron chi connectivity index (χ4n) is 2.28. The van der Waals surface area contributed by atoms with E-state index in [0.29, 0.717) is 16.3 Å². The van der Waals surface area contributed by atoms with E-state index in [2.05, 4.69) is 4.98 Å². The number of nitrogens with zero attached hydrogens (tertiary/aromatic N) is 3. The van der Waals surface area contributed by atoms with Crippen LogP contribution in [0.3, 0.4) is 0 Å². The predicted molar refractivity (Wildman–Crippen MR) is 100 cm³/mol. The summed E-state index contributed by atoms with van der Waals surface area (Å²) in [4.78, 5) is 30.4. The minimum atomic E-state index is -0.597. The van der Waals surface area contributed by atoms with E-state index in [1.165, 1.54) is 16.7 Å². The highest BCUT2D eigenvalue weighted by atomic mass is 32.2. The van der Waals surface area contributed by atoms with Crippen LogP contribution in [0.15, 0.2) is 47.6 Å². The van der Waals surface area contributed by atoms with Gasteiger partial charge in [-0.25, -0.2) is 9.78 Å². The van der Waals surface area contributed by atoms with Crippen molar-refractivity contribution >= 4 is 29.3 Å². The van der Waals surface area contributed by atoms with E-state index in [4.69, 9.17) is 10.00 Å². The molecule has 0 fully saturated rings. The average molecular weight is 369 g/mol. The van der Waals surface area contributed by atoms with Crippen molar-refractivity contribution in [3.05, 3.63) is 53.7 Å². The number of pyridine rings is 1. The molecule has 0 aliphatic carbocycles. The molecule has 0 bridgehead atoms. The fraction of sp³-hybridized carbons (Fsp3) is 0.263. The molecule has 0 spiro atoms. The molecule has 2 rings (SSSR count). The lowest BCUT2D eigenvalue weighted by atomic mass is 10.2. The number of benzene rings is 1. The van der Waals surface area contributed by atoms with Gasteiger partial charge in [0.25, 0.3) is 5.91 Å². The van der Waals surface area contributed by atoms with Gasteiger partial charge in [-0.15, -0.1) is 11.8 Å². The minimum Gasteiger partial charge on any atom is -0.452 e. The summed E-state index contributed by atoms with van der Waals surface area (Å²) in [5.41, 5.74) is 2.05. The number of aryl methyl sites for hydroxylation is 1. The van der Waals surface area contributed by atoms with Crippen molar-refractivity contribution < 1.29 is 14.3 Å². The third-order valence-corrected chi connectivity index (χ3v) is 4.32. The molecule has 7 heteroatoms. The zero-order chi connectivity index (χ0) is 18.9. The van der Waals surface area contributed by atoms with E-state index in [-0.39, 0.29) is 18.9 Å². The van der Waals surface area contributed by atoms with Crippen molar-refractivity contribution in [1.82, 2.24) is 4.98 Å². The summed E-state index contributed by atoms with van der Waals surface area (Å²) in [7, 11) is 0. The van der Waals surface area contributed by atoms with Gasteiger partial charge in [-0.3, -0.25) is 4.79 Å². The van der Waals surface area contributed by atoms with E-state index in [1.54, 1.807) is 30.5 Å². The highest BCUT2D eigenvalue weighted by Crippen LogP contribution is 2.19. The van der Waals surface area contributed by atoms with Gasteiger partial charge in [0.05, 0.1) is 18.1 Å². The van der Waals surface area contributed by atoms with Gasteiger partial charge >= 0.3 is 5.97 Å². The van der Waals surface area contributed by atoms with Crippen molar-refractivity contribution in [2.24, 2.45) is 0 Å². The number of amides is 1. The number of carbonyl (C=O) groups excluding carboxylic acids is 2. The summed E-state index contributed by atoms with van der Waals surface area (Å²) in [6, 6.07) is 12.7. The van der Waals surface area contributed by atoms with Crippen LogP contribution in [0.5, 0.6) is 0 Å². The van der Waals surface area contributed by atoms with Gasteiger partial charge in [-0.1, -0.05) is 17.7 Å². The Balaban J connectivity index is 2.08. The maximum atomic E-state index is 12.5. The second-order valence-electron chi connectivity index (χ2n) is 5.43. The van der Waals surface area contributed by atoms with E-state index in [9.17, 15) is 9.59 Å². The molecule has 0 aliphatic rings. The molecule has 1 heterocycles. The number of ether oxygens (including phenoxy) is 1. The molecule has 0 atom stereocenters. The zero-order valence-electron chi connectivity index (χ0n) is 14.6. The van der Waals surface area contributed by atoms with Gasteiger partial charge in [0.2, 0.25) is 0 Å². The normalized spacial score (nSPS) is 10.0. The third-order valence-electron chi connectivity index (χ3n) is 3.61. The molecule has 134 valence electrons. The first-order chi connectivity index (χ1) is 12.6. The summed E-state index contributed by atoms with van der Waals surface area (Å²) in [6.07, 6.45) is 3.59. The number of anilines is 1. The molecular weight excluding hydrogens is 350 g/mol. The Kier molecular flexibility index (Phi) is 7.18. The molecule has 6 nitrogen and oxygen atoms in total. The summed E-state index contributed by atoms with van der Waals surface area (Å²) in [6.45, 7) is 1.78. The van der Waals surface area contributed by atoms with Crippen LogP contribution in [0.2, 0.25) is 0 Å². The molecule has 0 saturated heterocycles. The lowest BCUT2D eigenvalue weighted by Gasteiger charge is -2.22. The Morgan fingerprint density at radius 1 is 1.27 bits per heavy atom. The number of hydrogen-bond acceptors (Lipinski definition) is 6. The summed E-state index contributed by atoms with van der Waals surface area (Å²) < 4.78 is 5.17. The molecular formula is C19H19N3O3S. The van der Waals surface area contributed by atoms with Crippen LogP contribution in [0.25, 0.3) is 0 Å². The molecule has 0 unspecified atom stereocenters. The smallest absolute Gasteiger partial charge is 0.341 e. The number of aromatic nitrogens is 1. The Morgan fingerprint density at radius 2 is 2.00 bits per heavy atom. The second-order valence-corrected chi connectivity index (χ2v) is 6.22. The van der Waals surface area contributed by atoms with Gasteiger partial charge in [0.1, 0.15) is 5.03 Å². The first-order valence-corrected chi connectivity index (χ1v) is 9.19. The number of esters is 1. The Labute approximate surface area is 156 Å². The van der Waals surface area contributed by atoms with E-state index in [0.717, 1.165) is 5.56 Å². The highest BCUT2D eigenvalue weighted by molar-refractivity contribution is 7.98. The van der Waals surface area contributed by atoms with Crippen LogP contribution in [-0.2, 0) is 9.53 Å². The lowest BCUT2D eigenvalue weighted by Crippen LogP contribution is -2.35. The minimum absolute atomic E-state index is 0.187. The topological polar surface area (TPSA) is 83.3 Å². The van der Waals surface area contributed by atoms with E-state index >= 15 is 0 Å². The Bertz CT molecular complexity index is 816. The van der Waals surface area contributed by atoms with Crippen molar-refractivity contribution in [2.45, 2.75) is 18.4 Å². The van der Waals surface area contributed by atoms with Crippen LogP contribution < -0.4 is 4.90 Å². The Morgan fingerprint density at radius 3 is 2.65 bits per heavy atom. The van der Waals surface area contributed by atoms with Crippen LogP contribution in [0, 0.1) is 18.3 Å². The number of hydrogen-bond donors (Lipinski definition) is 0. The zero-order valence-corrected chi connectivity index (χ0v) is 15.5. The molecule has 26 heavy (non-hydrogen) atoms. The van der Waals surface area contributed by atoms with Crippen LogP contribution in [-0.4, -0.2) is 36.3 Å². The number of thioether (sulfide) groups is 1. The SMILES string of the molecule is CSc1ncccc1C(=O)OCC(=O)N(CCC#N)c1ccc(C)cc1. The van der Waals surface area contributed by atoms with Crippen molar-refractivity contribution in [2.75, 3.05) is 24.3 Å². The first-order valence-electron chi connectivity index (χ1n) is 7.97. The maximum absolute atomic E-state index is 12.5. The monoisotopic (exact) mass is 369 g/mol. The maximum Gasteiger partial charge on any atom is 0.341 e. The summed E-state index contributed by atoms with van der Waals surface area (Å²) in [5, 5.41) is 9.38. The number of nitriles is 1. The quantitative estimate of drug-likeness (QED) is 0.550. The van der Waals surface area contributed by atoms with E-state index in [1.807, 2.05) is 31.4 Å². The number of rotatable bonds is 7. The van der Waals surface area contributed by atoms with Gasteiger partial charge in [0.15, 0.2) is 6.61 Å². The van der Waals surface area contributed by atoms with Crippen LogP contribution in [0.1, 0.15) is 22.3 Å². The average Bonchev–Trinajstić information content (AvgIpc) is 2.67. The molecule has 1 aromatic heterocycles. The summed E-state index contributed by atoms with van der Waals surface area (Å²) in [5.74, 6) is -0.980. The standard InChI is InChI=1S/C19H19N3O3S/c1-14-6-8-15(9-7-14)22(12-4-10-20)17(23)13-25-19(24)16-5-3-11-21-18(16)26-2/h3,5-9,11H,4,12-13H2,1-2H3. The second kappa shape index (κ2) is 9.59. The molecule has 0 radical (unpaired) electrons. The first kappa shape index (κ1) is 19.5. The Hall–Kier alpha value is -2.85. The molecule has 1 aromatic carbocycles. The molecule has 0 aliphatic heterocycles. The van der Waals surface area contributed by atoms with Crippen molar-refractivity contribution in [3.8, 4) is 6.07 Å². The molecule has 2 aromatic rings. The van der Waals surface area contributed by atoms with Crippen molar-refractivity contribution in [3.63, 3.8) is 0 Å². The van der Waals surface area contributed by atoms with Crippen LogP contribution in [0.4, 0.5) is 5.69 Å². The largest absolute Gasteiger partial charge is 0.452 e. The highest BCUT2D eigenvalue weighted by Gasteiger charge is 2.19. The predicted octanol–water partition coefficient (Wildman–Crippen LogP) is 3.22. The molecule has 1 amide bonds.